The SMILES string of the molecule is COc1ccc(C(OC[C@]23O[C@@H](n4cc(C)c(=O)[nH]c4=O)[C@H]([C@H](C)[C@@H]2OS(=O)(=O)c2ccc(C)cc2)[C@@H]3OP(=O)(OCCC#N)OC[C@H]2O[C@@H](n3cc(C)c(=O)[nH]c3=O)C[C@@H]2O[Si](C)(C)C(C)(C)C)(c2ccccc2)c2ccc(OC)cc2)cc1. The first-order chi connectivity index (χ1) is 40.2. The van der Waals surface area contributed by atoms with Gasteiger partial charge in [0.05, 0.1) is 57.5 Å². The lowest BCUT2D eigenvalue weighted by Gasteiger charge is -2.44. The van der Waals surface area contributed by atoms with Crippen molar-refractivity contribution in [2.24, 2.45) is 11.8 Å². The predicted octanol–water partition coefficient (Wildman–Crippen LogP) is 8.46. The summed E-state index contributed by atoms with van der Waals surface area (Å²) in [5.74, 6) is -1.15. The average Bonchev–Trinajstić information content (AvgIpc) is 1.57. The van der Waals surface area contributed by atoms with Crippen LogP contribution in [0.5, 0.6) is 11.5 Å². The van der Waals surface area contributed by atoms with Crippen molar-refractivity contribution < 1.29 is 58.8 Å². The van der Waals surface area contributed by atoms with E-state index < -0.39 is 128 Å². The van der Waals surface area contributed by atoms with E-state index >= 15 is 4.57 Å². The van der Waals surface area contributed by atoms with E-state index in [2.05, 4.69) is 9.97 Å². The molecule has 0 spiro atoms. The smallest absolute Gasteiger partial charge is 0.475 e. The van der Waals surface area contributed by atoms with Crippen LogP contribution in [0.2, 0.25) is 18.1 Å². The number of hydrogen-bond acceptors (Lipinski definition) is 18. The number of nitrogens with zero attached hydrogens (tertiary/aromatic N) is 3. The van der Waals surface area contributed by atoms with Gasteiger partial charge in [-0.15, -0.1) is 0 Å². The zero-order valence-corrected chi connectivity index (χ0v) is 52.0. The van der Waals surface area contributed by atoms with Crippen LogP contribution in [0.3, 0.4) is 0 Å². The number of benzene rings is 4. The molecule has 3 aliphatic rings. The molecule has 25 heteroatoms. The molecule has 6 aromatic rings. The number of nitrogens with one attached hydrogen (secondary N) is 2. The molecular formula is C60H72N5O17PSSi. The Balaban J connectivity index is 1.22. The second kappa shape index (κ2) is 24.6. The Morgan fingerprint density at radius 1 is 0.776 bits per heavy atom. The van der Waals surface area contributed by atoms with Crippen LogP contribution in [0.4, 0.5) is 0 Å². The molecule has 0 amide bonds. The van der Waals surface area contributed by atoms with Gasteiger partial charge in [-0.3, -0.25) is 46.4 Å². The van der Waals surface area contributed by atoms with E-state index in [0.717, 1.165) is 10.1 Å². The molecule has 2 N–H and O–H groups in total. The molecule has 1 saturated carbocycles. The molecular weight excluding hydrogens is 1150 g/mol. The molecule has 0 radical (unpaired) electrons. The van der Waals surface area contributed by atoms with Gasteiger partial charge in [0.2, 0.25) is 0 Å². The fraction of sp³-hybridized carbons (Fsp3) is 0.450. The molecule has 2 aromatic heterocycles. The van der Waals surface area contributed by atoms with Crippen molar-refractivity contribution in [1.82, 2.24) is 19.1 Å². The van der Waals surface area contributed by atoms with Gasteiger partial charge < -0.3 is 28.1 Å². The van der Waals surface area contributed by atoms with Crippen molar-refractivity contribution in [2.75, 3.05) is 34.0 Å². The highest BCUT2D eigenvalue weighted by molar-refractivity contribution is 7.86. The Morgan fingerprint density at radius 2 is 1.33 bits per heavy atom. The Kier molecular flexibility index (Phi) is 18.2. The molecule has 3 fully saturated rings. The third-order valence-corrected chi connectivity index (χ3v) is 24.0. The van der Waals surface area contributed by atoms with Gasteiger partial charge in [0.15, 0.2) is 8.32 Å². The van der Waals surface area contributed by atoms with Crippen LogP contribution < -0.4 is 32.0 Å². The maximum absolute atomic E-state index is 16.1. The molecule has 10 atom stereocenters. The number of phosphoric acid groups is 1. The number of hydrogen-bond donors (Lipinski definition) is 2. The normalized spacial score (nSPS) is 24.0. The quantitative estimate of drug-likeness (QED) is 0.0200. The van der Waals surface area contributed by atoms with Gasteiger partial charge in [-0.2, -0.15) is 13.7 Å². The number of H-pyrrole nitrogens is 2. The molecule has 1 unspecified atom stereocenters. The van der Waals surface area contributed by atoms with Crippen molar-refractivity contribution in [2.45, 2.75) is 132 Å². The van der Waals surface area contributed by atoms with E-state index in [-0.39, 0.29) is 33.9 Å². The summed E-state index contributed by atoms with van der Waals surface area (Å²) in [4.78, 5) is 57.5. The van der Waals surface area contributed by atoms with E-state index in [4.69, 9.17) is 45.9 Å². The minimum absolute atomic E-state index is 0.0952. The van der Waals surface area contributed by atoms with Crippen LogP contribution in [0.15, 0.2) is 140 Å². The molecule has 9 rings (SSSR count). The average molecular weight is 1230 g/mol. The summed E-state index contributed by atoms with van der Waals surface area (Å²) in [6, 6.07) is 31.5. The summed E-state index contributed by atoms with van der Waals surface area (Å²) < 4.78 is 113. The number of aromatic nitrogens is 4. The number of ether oxygens (including phenoxy) is 5. The number of methoxy groups -OCH3 is 2. The molecule has 4 aromatic carbocycles. The van der Waals surface area contributed by atoms with Crippen LogP contribution in [0.1, 0.15) is 86.4 Å². The van der Waals surface area contributed by atoms with Crippen LogP contribution in [0.25, 0.3) is 0 Å². The fourth-order valence-corrected chi connectivity index (χ4v) is 15.1. The lowest BCUT2D eigenvalue weighted by Crippen LogP contribution is -2.56. The summed E-state index contributed by atoms with van der Waals surface area (Å²) in [6.45, 7) is 15.0. The first kappa shape index (κ1) is 62.9. The second-order valence-corrected chi connectivity index (χ2v) is 31.2. The van der Waals surface area contributed by atoms with Gasteiger partial charge >= 0.3 is 19.2 Å². The van der Waals surface area contributed by atoms with Crippen molar-refractivity contribution in [3.8, 4) is 17.6 Å². The Hall–Kier alpha value is -6.59. The number of aromatic amines is 2. The summed E-state index contributed by atoms with van der Waals surface area (Å²) in [6.07, 6.45) is -5.04. The highest BCUT2D eigenvalue weighted by atomic mass is 32.2. The van der Waals surface area contributed by atoms with Crippen LogP contribution in [-0.2, 0) is 56.7 Å². The lowest BCUT2D eigenvalue weighted by molar-refractivity contribution is -0.214. The highest BCUT2D eigenvalue weighted by Crippen LogP contribution is 2.65. The molecule has 2 aliphatic heterocycles. The monoisotopic (exact) mass is 1230 g/mol. The minimum atomic E-state index is -5.13. The largest absolute Gasteiger partial charge is 0.497 e. The van der Waals surface area contributed by atoms with Crippen molar-refractivity contribution >= 4 is 26.3 Å². The topological polar surface area (TPSA) is 277 Å². The van der Waals surface area contributed by atoms with E-state index in [9.17, 15) is 32.9 Å². The molecule has 2 saturated heterocycles. The van der Waals surface area contributed by atoms with Gasteiger partial charge in [0.1, 0.15) is 53.5 Å². The Labute approximate surface area is 493 Å². The molecule has 85 heavy (non-hydrogen) atoms. The summed E-state index contributed by atoms with van der Waals surface area (Å²) in [7, 11) is -9.44. The van der Waals surface area contributed by atoms with Crippen molar-refractivity contribution in [1.29, 1.82) is 5.26 Å². The predicted molar refractivity (Wildman–Crippen MR) is 314 cm³/mol. The molecule has 1 aliphatic carbocycles. The Bertz CT molecular complexity index is 3780. The first-order valence-corrected chi connectivity index (χ1v) is 33.6. The zero-order chi connectivity index (χ0) is 61.4. The minimum Gasteiger partial charge on any atom is -0.497 e. The molecule has 2 bridgehead atoms. The van der Waals surface area contributed by atoms with Gasteiger partial charge in [0.25, 0.3) is 21.2 Å². The van der Waals surface area contributed by atoms with Crippen LogP contribution >= 0.6 is 7.82 Å². The first-order valence-electron chi connectivity index (χ1n) is 27.8. The lowest BCUT2D eigenvalue weighted by atomic mass is 9.79. The van der Waals surface area contributed by atoms with E-state index in [0.29, 0.717) is 28.2 Å². The summed E-state index contributed by atoms with van der Waals surface area (Å²) in [5, 5.41) is 9.51. The fourth-order valence-electron chi connectivity index (χ4n) is 11.1. The number of rotatable bonds is 23. The maximum atomic E-state index is 16.1. The van der Waals surface area contributed by atoms with Gasteiger partial charge in [0, 0.05) is 35.9 Å². The standard InChI is InChI=1S/C60H72N5O17PSSi/c1-37-18-28-46(29-19-37)84(71,72)81-51-40(4)50-52(80-83(70,76-31-15-30-61)77-35-48-47(82-85(10,11)58(5,6)7)32-49(78-48)64-33-38(2)53(66)62-56(64)68)59(51,79-55(50)65-34-39(3)54(67)63-57(65)69)36-75-60(41-16-13-12-14-17-41,42-20-24-44(73-8)25-21-42)43-22-26-45(74-9)27-23-43/h12-14,16-29,33-34,40,47-52,55H,15,31-32,35-36H2,1-11H3,(H,62,66,68)(H,63,67,69)/t40-,47-,48+,49+,50+,51-,52-,55+,59-,83?/m0/s1. The number of aryl methyl sites for hydroxylation is 3. The highest BCUT2D eigenvalue weighted by Gasteiger charge is 2.73. The molecule has 454 valence electrons. The van der Waals surface area contributed by atoms with E-state index in [1.807, 2.05) is 94.5 Å². The van der Waals surface area contributed by atoms with Gasteiger partial charge in [-0.05, 0) is 97.9 Å². The second-order valence-electron chi connectivity index (χ2n) is 23.2. The summed E-state index contributed by atoms with van der Waals surface area (Å²) in [5.41, 5.74) is -3.88. The van der Waals surface area contributed by atoms with Gasteiger partial charge in [-0.1, -0.05) is 100.0 Å². The zero-order valence-electron chi connectivity index (χ0n) is 49.3. The number of nitriles is 1. The van der Waals surface area contributed by atoms with Gasteiger partial charge in [-0.25, -0.2) is 14.2 Å². The van der Waals surface area contributed by atoms with Crippen LogP contribution in [0, 0.1) is 43.9 Å². The van der Waals surface area contributed by atoms with Crippen LogP contribution in [-0.4, -0.2) is 99.9 Å². The van der Waals surface area contributed by atoms with E-state index in [1.54, 1.807) is 57.2 Å². The Morgan fingerprint density at radius 3 is 1.88 bits per heavy atom. The van der Waals surface area contributed by atoms with E-state index in [1.165, 1.54) is 50.2 Å². The molecule has 22 nitrogen and oxygen atoms in total. The maximum Gasteiger partial charge on any atom is 0.475 e. The van der Waals surface area contributed by atoms with Crippen molar-refractivity contribution in [3.63, 3.8) is 0 Å². The van der Waals surface area contributed by atoms with Crippen molar-refractivity contribution in [3.05, 3.63) is 191 Å². The number of phosphoric ester groups is 1. The molecule has 4 heterocycles. The number of fused-ring (bicyclic) bond motifs is 2. The summed E-state index contributed by atoms with van der Waals surface area (Å²) >= 11 is 0. The third-order valence-electron chi connectivity index (χ3n) is 16.7. The third kappa shape index (κ3) is 12.5.